The predicted octanol–water partition coefficient (Wildman–Crippen LogP) is 1.77. The Hall–Kier alpha value is -2.62. The van der Waals surface area contributed by atoms with Crippen LogP contribution in [0.1, 0.15) is 18.4 Å². The van der Waals surface area contributed by atoms with Gasteiger partial charge in [-0.25, -0.2) is 0 Å². The molecule has 0 amide bonds. The average Bonchev–Trinajstić information content (AvgIpc) is 2.37. The first kappa shape index (κ1) is 14.4. The molecule has 0 spiro atoms. The summed E-state index contributed by atoms with van der Waals surface area (Å²) in [7, 11) is 1.71. The normalized spacial score (nSPS) is 9.68. The third-order valence-electron chi connectivity index (χ3n) is 2.61. The topological polar surface area (TPSA) is 107 Å². The van der Waals surface area contributed by atoms with Gasteiger partial charge in [-0.1, -0.05) is 0 Å². The molecule has 1 aromatic rings. The van der Waals surface area contributed by atoms with Gasteiger partial charge in [-0.05, 0) is 12.5 Å². The number of hydrogen-bond donors (Lipinski definition) is 1. The molecule has 7 heteroatoms. The van der Waals surface area contributed by atoms with E-state index in [1.165, 1.54) is 18.2 Å². The van der Waals surface area contributed by atoms with E-state index in [0.29, 0.717) is 18.7 Å². The minimum atomic E-state index is -0.877. The largest absolute Gasteiger partial charge is 0.481 e. The molecule has 0 aliphatic carbocycles. The van der Waals surface area contributed by atoms with E-state index in [2.05, 4.69) is 0 Å². The number of anilines is 1. The molecule has 0 saturated carbocycles. The number of aliphatic carboxylic acids is 1. The number of carboxylic acids is 1. The smallest absolute Gasteiger partial charge is 0.303 e. The van der Waals surface area contributed by atoms with E-state index in [4.69, 9.17) is 10.4 Å². The van der Waals surface area contributed by atoms with E-state index in [-0.39, 0.29) is 17.7 Å². The summed E-state index contributed by atoms with van der Waals surface area (Å²) >= 11 is 0. The summed E-state index contributed by atoms with van der Waals surface area (Å²) in [5.74, 6) is -0.877. The molecule has 0 atom stereocenters. The van der Waals surface area contributed by atoms with Gasteiger partial charge in [-0.3, -0.25) is 14.9 Å². The number of non-ortho nitro benzene ring substituents is 1. The number of hydrogen-bond acceptors (Lipinski definition) is 5. The van der Waals surface area contributed by atoms with Crippen LogP contribution in [0.2, 0.25) is 0 Å². The van der Waals surface area contributed by atoms with Crippen LogP contribution in [0.5, 0.6) is 0 Å². The molecule has 1 N–H and O–H groups in total. The Labute approximate surface area is 109 Å². The Bertz CT molecular complexity index is 536. The van der Waals surface area contributed by atoms with Gasteiger partial charge in [0.1, 0.15) is 6.07 Å². The van der Waals surface area contributed by atoms with Crippen LogP contribution >= 0.6 is 0 Å². The van der Waals surface area contributed by atoms with E-state index < -0.39 is 10.9 Å². The Morgan fingerprint density at radius 1 is 1.58 bits per heavy atom. The molecule has 19 heavy (non-hydrogen) atoms. The van der Waals surface area contributed by atoms with Crippen LogP contribution in [0.25, 0.3) is 0 Å². The zero-order chi connectivity index (χ0) is 14.4. The monoisotopic (exact) mass is 263 g/mol. The molecule has 100 valence electrons. The first-order valence-electron chi connectivity index (χ1n) is 5.57. The van der Waals surface area contributed by atoms with Crippen LogP contribution in [-0.4, -0.2) is 29.6 Å². The molecule has 0 aliphatic heterocycles. The summed E-state index contributed by atoms with van der Waals surface area (Å²) < 4.78 is 0. The van der Waals surface area contributed by atoms with Crippen LogP contribution in [-0.2, 0) is 4.79 Å². The van der Waals surface area contributed by atoms with Gasteiger partial charge in [-0.15, -0.1) is 0 Å². The number of nitro benzene ring substituents is 1. The second-order valence-corrected chi connectivity index (χ2v) is 3.99. The second-order valence-electron chi connectivity index (χ2n) is 3.99. The van der Waals surface area contributed by atoms with Gasteiger partial charge in [0.2, 0.25) is 0 Å². The fourth-order valence-corrected chi connectivity index (χ4v) is 1.65. The summed E-state index contributed by atoms with van der Waals surface area (Å²) in [6, 6.07) is 5.94. The van der Waals surface area contributed by atoms with Crippen LogP contribution < -0.4 is 4.90 Å². The molecule has 0 bridgehead atoms. The standard InChI is InChI=1S/C12H13N3O4/c1-14(6-2-3-12(16)17)11-5-4-10(15(18)19)7-9(11)8-13/h4-5,7H,2-3,6H2,1H3,(H,16,17). The van der Waals surface area contributed by atoms with E-state index in [1.807, 2.05) is 6.07 Å². The molecule has 7 nitrogen and oxygen atoms in total. The van der Waals surface area contributed by atoms with Gasteiger partial charge in [0, 0.05) is 32.1 Å². The lowest BCUT2D eigenvalue weighted by atomic mass is 10.1. The summed E-state index contributed by atoms with van der Waals surface area (Å²) in [5.41, 5.74) is 0.616. The third kappa shape index (κ3) is 3.96. The lowest BCUT2D eigenvalue weighted by Crippen LogP contribution is -2.20. The Morgan fingerprint density at radius 3 is 2.79 bits per heavy atom. The van der Waals surface area contributed by atoms with Gasteiger partial charge in [0.05, 0.1) is 16.2 Å². The van der Waals surface area contributed by atoms with Crippen LogP contribution in [0.15, 0.2) is 18.2 Å². The van der Waals surface area contributed by atoms with E-state index >= 15 is 0 Å². The van der Waals surface area contributed by atoms with Crippen molar-refractivity contribution in [2.45, 2.75) is 12.8 Å². The zero-order valence-corrected chi connectivity index (χ0v) is 10.4. The van der Waals surface area contributed by atoms with E-state index in [0.717, 1.165) is 0 Å². The summed E-state index contributed by atoms with van der Waals surface area (Å²) in [6.45, 7) is 0.457. The summed E-state index contributed by atoms with van der Waals surface area (Å²) in [5, 5.41) is 28.2. The second kappa shape index (κ2) is 6.35. The Kier molecular flexibility index (Phi) is 4.83. The number of nitriles is 1. The van der Waals surface area contributed by atoms with Gasteiger partial charge < -0.3 is 10.0 Å². The average molecular weight is 263 g/mol. The van der Waals surface area contributed by atoms with Crippen molar-refractivity contribution in [2.24, 2.45) is 0 Å². The van der Waals surface area contributed by atoms with Crippen LogP contribution in [0, 0.1) is 21.4 Å². The quantitative estimate of drug-likeness (QED) is 0.619. The van der Waals surface area contributed by atoms with E-state index in [9.17, 15) is 14.9 Å². The highest BCUT2D eigenvalue weighted by Crippen LogP contribution is 2.24. The predicted molar refractivity (Wildman–Crippen MR) is 68.0 cm³/mol. The van der Waals surface area contributed by atoms with Crippen molar-refractivity contribution in [1.29, 1.82) is 5.26 Å². The fraction of sp³-hybridized carbons (Fsp3) is 0.333. The maximum absolute atomic E-state index is 10.6. The molecule has 0 fully saturated rings. The molecule has 0 saturated heterocycles. The van der Waals surface area contributed by atoms with Gasteiger partial charge in [0.15, 0.2) is 0 Å². The number of nitrogens with zero attached hydrogens (tertiary/aromatic N) is 3. The van der Waals surface area contributed by atoms with Crippen molar-refractivity contribution < 1.29 is 14.8 Å². The van der Waals surface area contributed by atoms with Crippen molar-refractivity contribution >= 4 is 17.3 Å². The molecule has 0 aromatic heterocycles. The molecular weight excluding hydrogens is 250 g/mol. The van der Waals surface area contributed by atoms with Crippen LogP contribution in [0.4, 0.5) is 11.4 Å². The highest BCUT2D eigenvalue weighted by atomic mass is 16.6. The number of rotatable bonds is 6. The minimum Gasteiger partial charge on any atom is -0.481 e. The van der Waals surface area contributed by atoms with Crippen molar-refractivity contribution in [3.63, 3.8) is 0 Å². The summed E-state index contributed by atoms with van der Waals surface area (Å²) in [6.07, 6.45) is 0.479. The first-order chi connectivity index (χ1) is 8.95. The molecular formula is C12H13N3O4. The molecule has 1 aromatic carbocycles. The molecule has 0 unspecified atom stereocenters. The van der Waals surface area contributed by atoms with Crippen LogP contribution in [0.3, 0.4) is 0 Å². The number of carbonyl (C=O) groups is 1. The van der Waals surface area contributed by atoms with Gasteiger partial charge >= 0.3 is 5.97 Å². The SMILES string of the molecule is CN(CCCC(=O)O)c1ccc([N+](=O)[O-])cc1C#N. The fourth-order valence-electron chi connectivity index (χ4n) is 1.65. The number of carboxylic acid groups (broad SMARTS) is 1. The lowest BCUT2D eigenvalue weighted by molar-refractivity contribution is -0.384. The highest BCUT2D eigenvalue weighted by molar-refractivity contribution is 5.67. The third-order valence-corrected chi connectivity index (χ3v) is 2.61. The molecule has 0 aliphatic rings. The Balaban J connectivity index is 2.85. The lowest BCUT2D eigenvalue weighted by Gasteiger charge is -2.19. The van der Waals surface area contributed by atoms with Gasteiger partial charge in [-0.2, -0.15) is 5.26 Å². The highest BCUT2D eigenvalue weighted by Gasteiger charge is 2.13. The van der Waals surface area contributed by atoms with Crippen molar-refractivity contribution in [1.82, 2.24) is 0 Å². The summed E-state index contributed by atoms with van der Waals surface area (Å²) in [4.78, 5) is 22.2. The maximum Gasteiger partial charge on any atom is 0.303 e. The van der Waals surface area contributed by atoms with Gasteiger partial charge in [0.25, 0.3) is 5.69 Å². The Morgan fingerprint density at radius 2 is 2.26 bits per heavy atom. The number of benzene rings is 1. The molecule has 1 rings (SSSR count). The number of nitro groups is 1. The zero-order valence-electron chi connectivity index (χ0n) is 10.4. The van der Waals surface area contributed by atoms with Crippen molar-refractivity contribution in [3.8, 4) is 6.07 Å². The maximum atomic E-state index is 10.6. The molecule has 0 radical (unpaired) electrons. The first-order valence-corrected chi connectivity index (χ1v) is 5.57. The van der Waals surface area contributed by atoms with Crippen molar-refractivity contribution in [2.75, 3.05) is 18.5 Å². The minimum absolute atomic E-state index is 0.0409. The molecule has 0 heterocycles. The van der Waals surface area contributed by atoms with Crippen molar-refractivity contribution in [3.05, 3.63) is 33.9 Å². The van der Waals surface area contributed by atoms with E-state index in [1.54, 1.807) is 11.9 Å².